The molecule has 0 saturated heterocycles. The maximum atomic E-state index is 10.7. The Kier molecular flexibility index (Phi) is 3.03. The van der Waals surface area contributed by atoms with Crippen molar-refractivity contribution in [3.8, 4) is 0 Å². The number of hydrogen-bond acceptors (Lipinski definition) is 4. The number of thiophene rings is 1. The van der Waals surface area contributed by atoms with Crippen LogP contribution < -0.4 is 0 Å². The minimum absolute atomic E-state index is 0.212. The second-order valence-electron chi connectivity index (χ2n) is 2.76. The van der Waals surface area contributed by atoms with Gasteiger partial charge in [0.05, 0.1) is 4.92 Å². The van der Waals surface area contributed by atoms with Crippen LogP contribution in [0.3, 0.4) is 0 Å². The van der Waals surface area contributed by atoms with Crippen LogP contribution in [0.1, 0.15) is 0 Å². The third kappa shape index (κ3) is 2.37. The Morgan fingerprint density at radius 1 is 1.20 bits per heavy atom. The van der Waals surface area contributed by atoms with Crippen molar-refractivity contribution in [2.75, 3.05) is 0 Å². The van der Waals surface area contributed by atoms with Crippen molar-refractivity contribution in [2.24, 2.45) is 0 Å². The molecule has 0 amide bonds. The Labute approximate surface area is 94.9 Å². The van der Waals surface area contributed by atoms with E-state index in [4.69, 9.17) is 0 Å². The molecular weight excluding hydrogens is 230 g/mol. The SMILES string of the molecule is O=[N+]([O-])c1sccc1Sc1ccccc1. The zero-order chi connectivity index (χ0) is 10.7. The number of hydrogen-bond donors (Lipinski definition) is 0. The molecule has 0 aliphatic carbocycles. The van der Waals surface area contributed by atoms with E-state index in [1.165, 1.54) is 11.8 Å². The van der Waals surface area contributed by atoms with E-state index in [9.17, 15) is 10.1 Å². The van der Waals surface area contributed by atoms with Gasteiger partial charge in [-0.1, -0.05) is 41.3 Å². The first-order valence-corrected chi connectivity index (χ1v) is 5.92. The van der Waals surface area contributed by atoms with Crippen LogP contribution in [0.5, 0.6) is 0 Å². The molecule has 2 rings (SSSR count). The summed E-state index contributed by atoms with van der Waals surface area (Å²) in [6.07, 6.45) is 0. The maximum absolute atomic E-state index is 10.7. The van der Waals surface area contributed by atoms with Crippen LogP contribution in [0.2, 0.25) is 0 Å². The Bertz CT molecular complexity index is 467. The molecule has 0 bridgehead atoms. The van der Waals surface area contributed by atoms with E-state index in [2.05, 4.69) is 0 Å². The number of benzene rings is 1. The van der Waals surface area contributed by atoms with E-state index in [0.717, 1.165) is 16.2 Å². The summed E-state index contributed by atoms with van der Waals surface area (Å²) in [4.78, 5) is 12.1. The third-order valence-electron chi connectivity index (χ3n) is 1.75. The minimum atomic E-state index is -0.337. The number of nitro groups is 1. The van der Waals surface area contributed by atoms with Crippen molar-refractivity contribution in [1.82, 2.24) is 0 Å². The Balaban J connectivity index is 2.25. The normalized spacial score (nSPS) is 10.1. The monoisotopic (exact) mass is 237 g/mol. The highest BCUT2D eigenvalue weighted by Gasteiger charge is 2.15. The molecule has 1 aromatic carbocycles. The zero-order valence-corrected chi connectivity index (χ0v) is 9.25. The molecule has 0 radical (unpaired) electrons. The molecule has 0 atom stereocenters. The second-order valence-corrected chi connectivity index (χ2v) is 4.77. The number of nitrogens with zero attached hydrogens (tertiary/aromatic N) is 1. The summed E-state index contributed by atoms with van der Waals surface area (Å²) < 4.78 is 0. The van der Waals surface area contributed by atoms with E-state index in [1.807, 2.05) is 30.3 Å². The van der Waals surface area contributed by atoms with Crippen molar-refractivity contribution >= 4 is 28.1 Å². The van der Waals surface area contributed by atoms with Crippen molar-refractivity contribution in [1.29, 1.82) is 0 Å². The van der Waals surface area contributed by atoms with Crippen LogP contribution in [0.15, 0.2) is 51.6 Å². The van der Waals surface area contributed by atoms with Gasteiger partial charge in [0.1, 0.15) is 4.90 Å². The molecule has 15 heavy (non-hydrogen) atoms. The molecule has 2 aromatic rings. The molecule has 0 unspecified atom stereocenters. The van der Waals surface area contributed by atoms with E-state index in [0.29, 0.717) is 4.90 Å². The Morgan fingerprint density at radius 2 is 1.93 bits per heavy atom. The molecule has 3 nitrogen and oxygen atoms in total. The predicted octanol–water partition coefficient (Wildman–Crippen LogP) is 3.81. The standard InChI is InChI=1S/C10H7NO2S2/c12-11(13)10-9(6-7-14-10)15-8-4-2-1-3-5-8/h1-7H. The molecule has 0 spiro atoms. The lowest BCUT2D eigenvalue weighted by molar-refractivity contribution is -0.382. The Hall–Kier alpha value is -1.33. The highest BCUT2D eigenvalue weighted by molar-refractivity contribution is 7.99. The van der Waals surface area contributed by atoms with Gasteiger partial charge in [0.15, 0.2) is 0 Å². The van der Waals surface area contributed by atoms with Gasteiger partial charge in [0.2, 0.25) is 0 Å². The van der Waals surface area contributed by atoms with Crippen LogP contribution in [0, 0.1) is 10.1 Å². The fourth-order valence-electron chi connectivity index (χ4n) is 1.12. The van der Waals surface area contributed by atoms with Crippen molar-refractivity contribution in [3.05, 3.63) is 51.9 Å². The second kappa shape index (κ2) is 4.46. The van der Waals surface area contributed by atoms with Gasteiger partial charge in [-0.2, -0.15) is 0 Å². The lowest BCUT2D eigenvalue weighted by Crippen LogP contribution is -1.84. The summed E-state index contributed by atoms with van der Waals surface area (Å²) in [5, 5.41) is 12.6. The quantitative estimate of drug-likeness (QED) is 0.602. The van der Waals surface area contributed by atoms with Gasteiger partial charge < -0.3 is 0 Å². The summed E-state index contributed by atoms with van der Waals surface area (Å²) in [6.45, 7) is 0. The molecule has 0 aliphatic heterocycles. The molecule has 5 heteroatoms. The van der Waals surface area contributed by atoms with E-state index in [1.54, 1.807) is 11.4 Å². The van der Waals surface area contributed by atoms with Gasteiger partial charge in [-0.15, -0.1) is 0 Å². The van der Waals surface area contributed by atoms with Crippen LogP contribution in [0.25, 0.3) is 0 Å². The Morgan fingerprint density at radius 3 is 2.60 bits per heavy atom. The first-order chi connectivity index (χ1) is 7.27. The third-order valence-corrected chi connectivity index (χ3v) is 3.80. The maximum Gasteiger partial charge on any atom is 0.337 e. The summed E-state index contributed by atoms with van der Waals surface area (Å²) in [5.74, 6) is 0. The average Bonchev–Trinajstić information content (AvgIpc) is 2.67. The molecule has 1 heterocycles. The van der Waals surface area contributed by atoms with Gasteiger partial charge in [0.25, 0.3) is 0 Å². The fraction of sp³-hybridized carbons (Fsp3) is 0. The van der Waals surface area contributed by atoms with E-state index >= 15 is 0 Å². The molecule has 0 aliphatic rings. The average molecular weight is 237 g/mol. The van der Waals surface area contributed by atoms with Gasteiger partial charge in [-0.05, 0) is 23.6 Å². The molecular formula is C10H7NO2S2. The lowest BCUT2D eigenvalue weighted by Gasteiger charge is -1.97. The minimum Gasteiger partial charge on any atom is -0.258 e. The van der Waals surface area contributed by atoms with Crippen LogP contribution in [-0.2, 0) is 0 Å². The summed E-state index contributed by atoms with van der Waals surface area (Å²) in [7, 11) is 0. The van der Waals surface area contributed by atoms with Crippen molar-refractivity contribution in [2.45, 2.75) is 9.79 Å². The number of rotatable bonds is 3. The topological polar surface area (TPSA) is 43.1 Å². The predicted molar refractivity (Wildman–Crippen MR) is 61.5 cm³/mol. The van der Waals surface area contributed by atoms with Gasteiger partial charge in [-0.25, -0.2) is 0 Å². The van der Waals surface area contributed by atoms with Crippen LogP contribution >= 0.6 is 23.1 Å². The summed E-state index contributed by atoms with van der Waals surface area (Å²) in [6, 6.07) is 11.4. The molecule has 76 valence electrons. The highest BCUT2D eigenvalue weighted by atomic mass is 32.2. The smallest absolute Gasteiger partial charge is 0.258 e. The van der Waals surface area contributed by atoms with Gasteiger partial charge >= 0.3 is 5.00 Å². The van der Waals surface area contributed by atoms with Gasteiger partial charge in [-0.3, -0.25) is 10.1 Å². The van der Waals surface area contributed by atoms with Gasteiger partial charge in [0, 0.05) is 4.90 Å². The zero-order valence-electron chi connectivity index (χ0n) is 7.62. The lowest BCUT2D eigenvalue weighted by atomic mass is 10.4. The van der Waals surface area contributed by atoms with Crippen molar-refractivity contribution in [3.63, 3.8) is 0 Å². The first kappa shape index (κ1) is 10.2. The first-order valence-electron chi connectivity index (χ1n) is 4.22. The van der Waals surface area contributed by atoms with Crippen LogP contribution in [0.4, 0.5) is 5.00 Å². The molecule has 1 aromatic heterocycles. The fourth-order valence-corrected chi connectivity index (χ4v) is 2.92. The summed E-state index contributed by atoms with van der Waals surface area (Å²) in [5.41, 5.74) is 0. The molecule has 0 fully saturated rings. The van der Waals surface area contributed by atoms with Crippen LogP contribution in [-0.4, -0.2) is 4.92 Å². The summed E-state index contributed by atoms with van der Waals surface area (Å²) >= 11 is 2.57. The molecule has 0 N–H and O–H groups in total. The largest absolute Gasteiger partial charge is 0.337 e. The molecule has 0 saturated carbocycles. The van der Waals surface area contributed by atoms with Crippen molar-refractivity contribution < 1.29 is 4.92 Å². The van der Waals surface area contributed by atoms with E-state index in [-0.39, 0.29) is 9.92 Å². The van der Waals surface area contributed by atoms with E-state index < -0.39 is 0 Å². The highest BCUT2D eigenvalue weighted by Crippen LogP contribution is 2.38.